The topological polar surface area (TPSA) is 26.3 Å². The first-order valence-electron chi connectivity index (χ1n) is 4.42. The molecule has 0 saturated carbocycles. The Hall–Kier alpha value is -0.790. The molecular formula is C10H16O2. The lowest BCUT2D eigenvalue weighted by molar-refractivity contribution is -0.144. The van der Waals surface area contributed by atoms with E-state index in [1.54, 1.807) is 0 Å². The average molecular weight is 168 g/mol. The van der Waals surface area contributed by atoms with E-state index in [1.165, 1.54) is 12.5 Å². The molecule has 0 aromatic rings. The van der Waals surface area contributed by atoms with Crippen LogP contribution in [0.3, 0.4) is 0 Å². The van der Waals surface area contributed by atoms with Crippen molar-refractivity contribution in [3.63, 3.8) is 0 Å². The fourth-order valence-corrected chi connectivity index (χ4v) is 1.78. The molecule has 2 nitrogen and oxygen atoms in total. The van der Waals surface area contributed by atoms with Crippen molar-refractivity contribution in [3.8, 4) is 0 Å². The van der Waals surface area contributed by atoms with Gasteiger partial charge in [0.05, 0.1) is 0 Å². The molecule has 0 saturated heterocycles. The number of carbonyl (C=O) groups is 1. The molecule has 1 aliphatic carbocycles. The normalized spacial score (nSPS) is 29.4. The van der Waals surface area contributed by atoms with Crippen molar-refractivity contribution in [2.75, 3.05) is 0 Å². The molecule has 68 valence electrons. The predicted octanol–water partition coefficient (Wildman–Crippen LogP) is 2.29. The number of ether oxygens (including phenoxy) is 1. The van der Waals surface area contributed by atoms with Crippen LogP contribution in [0, 0.1) is 5.92 Å². The number of rotatable bonds is 1. The third-order valence-electron chi connectivity index (χ3n) is 2.09. The van der Waals surface area contributed by atoms with Crippen LogP contribution < -0.4 is 0 Å². The van der Waals surface area contributed by atoms with E-state index in [-0.39, 0.29) is 12.1 Å². The molecule has 1 aliphatic rings. The third kappa shape index (κ3) is 2.68. The molecule has 0 aliphatic heterocycles. The standard InChI is InChI=1S/C10H16O2/c1-7-4-8(2)6-10(5-7)12-9(3)11/h5,8,10H,4,6H2,1-3H3/t8-,10?/m1/s1. The van der Waals surface area contributed by atoms with Crippen molar-refractivity contribution >= 4 is 5.97 Å². The Morgan fingerprint density at radius 3 is 2.83 bits per heavy atom. The second-order valence-electron chi connectivity index (χ2n) is 3.71. The van der Waals surface area contributed by atoms with Gasteiger partial charge in [0.25, 0.3) is 0 Å². The maximum Gasteiger partial charge on any atom is 0.303 e. The quantitative estimate of drug-likeness (QED) is 0.443. The van der Waals surface area contributed by atoms with Crippen LogP contribution in [0.25, 0.3) is 0 Å². The Balaban J connectivity index is 2.54. The van der Waals surface area contributed by atoms with Gasteiger partial charge in [-0.15, -0.1) is 0 Å². The van der Waals surface area contributed by atoms with Crippen LogP contribution in [0.4, 0.5) is 0 Å². The molecule has 0 aromatic heterocycles. The van der Waals surface area contributed by atoms with Gasteiger partial charge in [0.15, 0.2) is 0 Å². The molecule has 0 amide bonds. The van der Waals surface area contributed by atoms with Crippen LogP contribution in [0.2, 0.25) is 0 Å². The van der Waals surface area contributed by atoms with Gasteiger partial charge >= 0.3 is 5.97 Å². The van der Waals surface area contributed by atoms with Crippen molar-refractivity contribution in [1.29, 1.82) is 0 Å². The summed E-state index contributed by atoms with van der Waals surface area (Å²) < 4.78 is 5.12. The smallest absolute Gasteiger partial charge is 0.303 e. The molecule has 0 radical (unpaired) electrons. The number of carbonyl (C=O) groups excluding carboxylic acids is 1. The Labute approximate surface area is 73.6 Å². The van der Waals surface area contributed by atoms with Gasteiger partial charge in [-0.2, -0.15) is 0 Å². The second-order valence-corrected chi connectivity index (χ2v) is 3.71. The molecule has 12 heavy (non-hydrogen) atoms. The van der Waals surface area contributed by atoms with Crippen LogP contribution in [-0.4, -0.2) is 12.1 Å². The summed E-state index contributed by atoms with van der Waals surface area (Å²) in [4.78, 5) is 10.7. The molecular weight excluding hydrogens is 152 g/mol. The van der Waals surface area contributed by atoms with Crippen molar-refractivity contribution in [1.82, 2.24) is 0 Å². The van der Waals surface area contributed by atoms with Gasteiger partial charge < -0.3 is 4.74 Å². The van der Waals surface area contributed by atoms with Gasteiger partial charge in [-0.1, -0.05) is 12.5 Å². The molecule has 0 fully saturated rings. The summed E-state index contributed by atoms with van der Waals surface area (Å²) in [5.74, 6) is 0.456. The molecule has 1 unspecified atom stereocenters. The average Bonchev–Trinajstić information content (AvgIpc) is 1.81. The minimum atomic E-state index is -0.182. The van der Waals surface area contributed by atoms with Gasteiger partial charge in [-0.05, 0) is 31.8 Å². The lowest BCUT2D eigenvalue weighted by Crippen LogP contribution is -2.21. The summed E-state index contributed by atoms with van der Waals surface area (Å²) in [5.41, 5.74) is 1.33. The number of hydrogen-bond acceptors (Lipinski definition) is 2. The first-order chi connectivity index (χ1) is 5.58. The van der Waals surface area contributed by atoms with E-state index in [0.717, 1.165) is 12.8 Å². The summed E-state index contributed by atoms with van der Waals surface area (Å²) in [6.07, 6.45) is 4.18. The van der Waals surface area contributed by atoms with Gasteiger partial charge in [0, 0.05) is 6.92 Å². The molecule has 2 heteroatoms. The maximum absolute atomic E-state index is 10.7. The van der Waals surface area contributed by atoms with Crippen molar-refractivity contribution in [2.24, 2.45) is 5.92 Å². The molecule has 2 atom stereocenters. The molecule has 1 rings (SSSR count). The fourth-order valence-electron chi connectivity index (χ4n) is 1.78. The Morgan fingerprint density at radius 2 is 2.33 bits per heavy atom. The number of esters is 1. The van der Waals surface area contributed by atoms with Crippen molar-refractivity contribution in [3.05, 3.63) is 11.6 Å². The van der Waals surface area contributed by atoms with E-state index in [4.69, 9.17) is 4.74 Å². The van der Waals surface area contributed by atoms with Gasteiger partial charge in [0.2, 0.25) is 0 Å². The van der Waals surface area contributed by atoms with E-state index in [2.05, 4.69) is 19.9 Å². The monoisotopic (exact) mass is 168 g/mol. The Kier molecular flexibility index (Phi) is 2.90. The van der Waals surface area contributed by atoms with Gasteiger partial charge in [-0.3, -0.25) is 4.79 Å². The van der Waals surface area contributed by atoms with Crippen LogP contribution in [0.5, 0.6) is 0 Å². The lowest BCUT2D eigenvalue weighted by Gasteiger charge is -2.24. The summed E-state index contributed by atoms with van der Waals surface area (Å²) in [6.45, 7) is 5.74. The minimum absolute atomic E-state index is 0.0197. The minimum Gasteiger partial charge on any atom is -0.458 e. The highest BCUT2D eigenvalue weighted by Crippen LogP contribution is 2.25. The van der Waals surface area contributed by atoms with Crippen LogP contribution in [0.1, 0.15) is 33.6 Å². The van der Waals surface area contributed by atoms with Crippen LogP contribution in [-0.2, 0) is 9.53 Å². The zero-order valence-corrected chi connectivity index (χ0v) is 7.96. The van der Waals surface area contributed by atoms with E-state index >= 15 is 0 Å². The predicted molar refractivity (Wildman–Crippen MR) is 47.7 cm³/mol. The maximum atomic E-state index is 10.7. The molecule has 0 heterocycles. The zero-order chi connectivity index (χ0) is 9.14. The third-order valence-corrected chi connectivity index (χ3v) is 2.09. The van der Waals surface area contributed by atoms with Crippen LogP contribution in [0.15, 0.2) is 11.6 Å². The lowest BCUT2D eigenvalue weighted by atomic mass is 9.89. The highest BCUT2D eigenvalue weighted by molar-refractivity contribution is 5.66. The molecule has 0 aromatic carbocycles. The van der Waals surface area contributed by atoms with E-state index in [9.17, 15) is 4.79 Å². The molecule has 0 bridgehead atoms. The fraction of sp³-hybridized carbons (Fsp3) is 0.700. The first kappa shape index (κ1) is 9.30. The Morgan fingerprint density at radius 1 is 1.67 bits per heavy atom. The van der Waals surface area contributed by atoms with E-state index < -0.39 is 0 Å². The molecule has 0 N–H and O–H groups in total. The summed E-state index contributed by atoms with van der Waals surface area (Å²) >= 11 is 0. The summed E-state index contributed by atoms with van der Waals surface area (Å²) in [7, 11) is 0. The van der Waals surface area contributed by atoms with Gasteiger partial charge in [-0.25, -0.2) is 0 Å². The summed E-state index contributed by atoms with van der Waals surface area (Å²) in [5, 5.41) is 0. The van der Waals surface area contributed by atoms with E-state index in [1.807, 2.05) is 0 Å². The van der Waals surface area contributed by atoms with E-state index in [0.29, 0.717) is 5.92 Å². The highest BCUT2D eigenvalue weighted by atomic mass is 16.5. The van der Waals surface area contributed by atoms with Gasteiger partial charge in [0.1, 0.15) is 6.10 Å². The van der Waals surface area contributed by atoms with Crippen molar-refractivity contribution < 1.29 is 9.53 Å². The van der Waals surface area contributed by atoms with Crippen LogP contribution >= 0.6 is 0 Å². The number of allylic oxidation sites excluding steroid dienone is 1. The zero-order valence-electron chi connectivity index (χ0n) is 7.96. The SMILES string of the molecule is CC(=O)OC1C=C(C)C[C@@H](C)C1. The molecule has 0 spiro atoms. The highest BCUT2D eigenvalue weighted by Gasteiger charge is 2.18. The first-order valence-corrected chi connectivity index (χ1v) is 4.42. The number of hydrogen-bond donors (Lipinski definition) is 0. The second kappa shape index (κ2) is 3.74. The Bertz CT molecular complexity index is 206. The largest absolute Gasteiger partial charge is 0.458 e. The van der Waals surface area contributed by atoms with Crippen molar-refractivity contribution in [2.45, 2.75) is 39.7 Å². The summed E-state index contributed by atoms with van der Waals surface area (Å²) in [6, 6.07) is 0.